The highest BCUT2D eigenvalue weighted by Gasteiger charge is 2.21. The van der Waals surface area contributed by atoms with Crippen molar-refractivity contribution < 1.29 is 14.6 Å². The normalized spacial score (nSPS) is 17.4. The highest BCUT2D eigenvalue weighted by molar-refractivity contribution is 8.01. The predicted molar refractivity (Wildman–Crippen MR) is 83.0 cm³/mol. The first kappa shape index (κ1) is 14.6. The van der Waals surface area contributed by atoms with E-state index in [9.17, 15) is 4.79 Å². The van der Waals surface area contributed by atoms with Crippen LogP contribution >= 0.6 is 23.1 Å². The van der Waals surface area contributed by atoms with E-state index in [2.05, 4.69) is 23.2 Å². The van der Waals surface area contributed by atoms with E-state index < -0.39 is 5.97 Å². The van der Waals surface area contributed by atoms with Crippen LogP contribution in [0, 0.1) is 0 Å². The molecule has 0 bridgehead atoms. The van der Waals surface area contributed by atoms with Gasteiger partial charge in [-0.3, -0.25) is 4.79 Å². The van der Waals surface area contributed by atoms with Gasteiger partial charge in [0.15, 0.2) is 0 Å². The summed E-state index contributed by atoms with van der Waals surface area (Å²) in [5, 5.41) is 10.6. The van der Waals surface area contributed by atoms with Gasteiger partial charge in [-0.2, -0.15) is 0 Å². The minimum absolute atomic E-state index is 0.0141. The zero-order chi connectivity index (χ0) is 14.7. The maximum atomic E-state index is 10.7. The number of fused-ring (bicyclic) bond motifs is 1. The molecule has 1 unspecified atom stereocenters. The molecule has 1 aliphatic heterocycles. The Hall–Kier alpha value is -1.37. The summed E-state index contributed by atoms with van der Waals surface area (Å²) in [6.07, 6.45) is 1.05. The van der Waals surface area contributed by atoms with Crippen molar-refractivity contribution in [3.05, 3.63) is 46.5 Å². The van der Waals surface area contributed by atoms with E-state index >= 15 is 0 Å². The van der Waals surface area contributed by atoms with Crippen molar-refractivity contribution >= 4 is 29.1 Å². The third-order valence-electron chi connectivity index (χ3n) is 3.31. The number of nitrogens with zero attached hydrogens (tertiary/aromatic N) is 1. The summed E-state index contributed by atoms with van der Waals surface area (Å²) in [5.74, 6) is -0.0433. The summed E-state index contributed by atoms with van der Waals surface area (Å²) >= 11 is 3.12. The molecule has 0 spiro atoms. The number of aliphatic carboxylic acids is 1. The molecule has 2 heterocycles. The molecular weight excluding hydrogens is 306 g/mol. The highest BCUT2D eigenvalue weighted by atomic mass is 32.2. The molecule has 1 aromatic heterocycles. The van der Waals surface area contributed by atoms with E-state index in [1.165, 1.54) is 22.5 Å². The average molecular weight is 321 g/mol. The van der Waals surface area contributed by atoms with Crippen LogP contribution in [0.5, 0.6) is 0 Å². The zero-order valence-corrected chi connectivity index (χ0v) is 13.0. The van der Waals surface area contributed by atoms with E-state index in [0.717, 1.165) is 23.1 Å². The second-order valence-electron chi connectivity index (χ2n) is 4.79. The Kier molecular flexibility index (Phi) is 4.57. The number of ether oxygens (including phenoxy) is 1. The summed E-state index contributed by atoms with van der Waals surface area (Å²) in [6.45, 7) is 0.754. The number of rotatable bonds is 5. The number of thioether (sulfide) groups is 1. The molecule has 21 heavy (non-hydrogen) atoms. The van der Waals surface area contributed by atoms with Crippen LogP contribution in [-0.2, 0) is 22.4 Å². The number of carboxylic acid groups (broad SMARTS) is 1. The van der Waals surface area contributed by atoms with Gasteiger partial charge in [0.05, 0.1) is 24.8 Å². The van der Waals surface area contributed by atoms with Crippen molar-refractivity contribution in [1.29, 1.82) is 0 Å². The fraction of sp³-hybridized carbons (Fsp3) is 0.333. The molecule has 6 heteroatoms. The van der Waals surface area contributed by atoms with Crippen molar-refractivity contribution in [2.45, 2.75) is 23.3 Å². The van der Waals surface area contributed by atoms with Crippen LogP contribution in [0.15, 0.2) is 34.0 Å². The summed E-state index contributed by atoms with van der Waals surface area (Å²) in [7, 11) is 0. The lowest BCUT2D eigenvalue weighted by Gasteiger charge is -2.25. The lowest BCUT2D eigenvalue weighted by atomic mass is 9.99. The Labute approximate surface area is 131 Å². The van der Waals surface area contributed by atoms with Gasteiger partial charge in [0.1, 0.15) is 4.34 Å². The van der Waals surface area contributed by atoms with E-state index in [1.807, 2.05) is 11.4 Å². The molecule has 110 valence electrons. The van der Waals surface area contributed by atoms with Crippen molar-refractivity contribution in [3.8, 4) is 0 Å². The number of carbonyl (C=O) groups is 1. The van der Waals surface area contributed by atoms with Gasteiger partial charge in [-0.05, 0) is 17.5 Å². The Morgan fingerprint density at radius 1 is 1.48 bits per heavy atom. The number of thiazole rings is 1. The summed E-state index contributed by atoms with van der Waals surface area (Å²) in [4.78, 5) is 15.0. The summed E-state index contributed by atoms with van der Waals surface area (Å²) in [5.41, 5.74) is 3.25. The molecule has 1 N–H and O–H groups in total. The fourth-order valence-electron chi connectivity index (χ4n) is 2.35. The maximum absolute atomic E-state index is 10.7. The molecule has 0 fully saturated rings. The van der Waals surface area contributed by atoms with Crippen LogP contribution in [0.2, 0.25) is 0 Å². The zero-order valence-electron chi connectivity index (χ0n) is 11.3. The lowest BCUT2D eigenvalue weighted by molar-refractivity contribution is -0.136. The summed E-state index contributed by atoms with van der Waals surface area (Å²) in [6, 6.07) is 8.38. The lowest BCUT2D eigenvalue weighted by Crippen LogP contribution is -2.17. The third-order valence-corrected chi connectivity index (χ3v) is 5.45. The largest absolute Gasteiger partial charge is 0.481 e. The van der Waals surface area contributed by atoms with Gasteiger partial charge in [-0.15, -0.1) is 11.3 Å². The Morgan fingerprint density at radius 2 is 2.33 bits per heavy atom. The van der Waals surface area contributed by atoms with Gasteiger partial charge in [-0.25, -0.2) is 4.98 Å². The Morgan fingerprint density at radius 3 is 3.19 bits per heavy atom. The SMILES string of the molecule is O=C(O)Cc1csc(SCC2OCCc3ccccc32)n1. The second kappa shape index (κ2) is 6.60. The number of benzene rings is 1. The molecular formula is C15H15NO3S2. The molecule has 3 rings (SSSR count). The molecule has 1 aliphatic rings. The first-order valence-corrected chi connectivity index (χ1v) is 8.57. The van der Waals surface area contributed by atoms with Crippen molar-refractivity contribution in [2.75, 3.05) is 12.4 Å². The number of hydrogen-bond donors (Lipinski definition) is 1. The van der Waals surface area contributed by atoms with Crippen LogP contribution < -0.4 is 0 Å². The van der Waals surface area contributed by atoms with Crippen molar-refractivity contribution in [2.24, 2.45) is 0 Å². The van der Waals surface area contributed by atoms with Crippen LogP contribution in [0.25, 0.3) is 0 Å². The predicted octanol–water partition coefficient (Wildman–Crippen LogP) is 3.18. The van der Waals surface area contributed by atoms with Crippen LogP contribution in [-0.4, -0.2) is 28.4 Å². The van der Waals surface area contributed by atoms with Gasteiger partial charge in [0, 0.05) is 11.1 Å². The molecule has 0 amide bonds. The van der Waals surface area contributed by atoms with Gasteiger partial charge in [-0.1, -0.05) is 36.0 Å². The molecule has 0 saturated heterocycles. The molecule has 0 aliphatic carbocycles. The van der Waals surface area contributed by atoms with Gasteiger partial charge in [0.2, 0.25) is 0 Å². The Balaban J connectivity index is 1.63. The maximum Gasteiger partial charge on any atom is 0.309 e. The van der Waals surface area contributed by atoms with Crippen molar-refractivity contribution in [1.82, 2.24) is 4.98 Å². The van der Waals surface area contributed by atoms with E-state index in [-0.39, 0.29) is 12.5 Å². The molecule has 1 atom stereocenters. The third kappa shape index (κ3) is 3.64. The topological polar surface area (TPSA) is 59.4 Å². The smallest absolute Gasteiger partial charge is 0.309 e. The number of hydrogen-bond acceptors (Lipinski definition) is 5. The Bertz CT molecular complexity index is 641. The minimum Gasteiger partial charge on any atom is -0.481 e. The molecule has 0 radical (unpaired) electrons. The quantitative estimate of drug-likeness (QED) is 0.857. The van der Waals surface area contributed by atoms with Gasteiger partial charge < -0.3 is 9.84 Å². The number of carboxylic acids is 1. The standard InChI is InChI=1S/C15H15NO3S2/c17-14(18)7-11-8-20-15(16-11)21-9-13-12-4-2-1-3-10(12)5-6-19-13/h1-4,8,13H,5-7,9H2,(H,17,18). The molecule has 1 aromatic carbocycles. The molecule has 2 aromatic rings. The van der Waals surface area contributed by atoms with Gasteiger partial charge in [0.25, 0.3) is 0 Å². The van der Waals surface area contributed by atoms with E-state index in [0.29, 0.717) is 5.69 Å². The van der Waals surface area contributed by atoms with E-state index in [4.69, 9.17) is 9.84 Å². The monoisotopic (exact) mass is 321 g/mol. The molecule has 4 nitrogen and oxygen atoms in total. The first-order valence-electron chi connectivity index (χ1n) is 6.71. The minimum atomic E-state index is -0.846. The van der Waals surface area contributed by atoms with Gasteiger partial charge >= 0.3 is 5.97 Å². The highest BCUT2D eigenvalue weighted by Crippen LogP contribution is 2.33. The van der Waals surface area contributed by atoms with Crippen molar-refractivity contribution in [3.63, 3.8) is 0 Å². The summed E-state index contributed by atoms with van der Waals surface area (Å²) < 4.78 is 6.76. The first-order chi connectivity index (χ1) is 10.2. The van der Waals surface area contributed by atoms with Crippen LogP contribution in [0.1, 0.15) is 22.9 Å². The fourth-order valence-corrected chi connectivity index (χ4v) is 4.27. The van der Waals surface area contributed by atoms with E-state index in [1.54, 1.807) is 11.8 Å². The van der Waals surface area contributed by atoms with Crippen LogP contribution in [0.4, 0.5) is 0 Å². The van der Waals surface area contributed by atoms with Crippen LogP contribution in [0.3, 0.4) is 0 Å². The number of aromatic nitrogens is 1. The molecule has 0 saturated carbocycles. The second-order valence-corrected chi connectivity index (χ2v) is 6.92. The average Bonchev–Trinajstić information content (AvgIpc) is 2.92.